The molecule has 2 aromatic heterocycles. The van der Waals surface area contributed by atoms with Crippen LogP contribution in [0.3, 0.4) is 0 Å². The number of carbonyl (C=O) groups is 1. The summed E-state index contributed by atoms with van der Waals surface area (Å²) < 4.78 is 16.2. The van der Waals surface area contributed by atoms with E-state index in [9.17, 15) is 4.79 Å². The standard InChI is InChI=1S/C18H24N4O4/c1-12-4-5-14(25-12)6-21-9-18(10-21)11-22(16(23)8-24-3)7-15(18)17-19-13(2)20-26-17/h4-5,15H,6-11H2,1-3H3. The lowest BCUT2D eigenvalue weighted by atomic mass is 9.71. The molecule has 8 nitrogen and oxygen atoms in total. The molecule has 4 heterocycles. The molecule has 1 atom stereocenters. The number of rotatable bonds is 5. The fourth-order valence-corrected chi connectivity index (χ4v) is 4.24. The van der Waals surface area contributed by atoms with E-state index >= 15 is 0 Å². The van der Waals surface area contributed by atoms with Gasteiger partial charge in [0.15, 0.2) is 5.82 Å². The molecule has 0 radical (unpaired) electrons. The molecule has 2 aliphatic rings. The van der Waals surface area contributed by atoms with Crippen molar-refractivity contribution in [3.8, 4) is 0 Å². The third-order valence-corrected chi connectivity index (χ3v) is 5.36. The second-order valence-corrected chi connectivity index (χ2v) is 7.46. The van der Waals surface area contributed by atoms with E-state index in [2.05, 4.69) is 15.0 Å². The minimum atomic E-state index is -0.0516. The van der Waals surface area contributed by atoms with Crippen molar-refractivity contribution < 1.29 is 18.5 Å². The maximum atomic E-state index is 12.3. The van der Waals surface area contributed by atoms with Crippen LogP contribution in [-0.2, 0) is 16.1 Å². The fourth-order valence-electron chi connectivity index (χ4n) is 4.24. The van der Waals surface area contributed by atoms with E-state index < -0.39 is 0 Å². The van der Waals surface area contributed by atoms with Gasteiger partial charge in [-0.25, -0.2) is 0 Å². The number of amides is 1. The van der Waals surface area contributed by atoms with Gasteiger partial charge in [0.2, 0.25) is 11.8 Å². The molecule has 4 rings (SSSR count). The van der Waals surface area contributed by atoms with Crippen molar-refractivity contribution >= 4 is 5.91 Å². The third kappa shape index (κ3) is 3.03. The maximum absolute atomic E-state index is 12.3. The summed E-state index contributed by atoms with van der Waals surface area (Å²) in [6.45, 7) is 7.66. The van der Waals surface area contributed by atoms with Gasteiger partial charge >= 0.3 is 0 Å². The lowest BCUT2D eigenvalue weighted by molar-refractivity contribution is -0.135. The van der Waals surface area contributed by atoms with E-state index in [0.717, 1.165) is 31.2 Å². The predicted octanol–water partition coefficient (Wildman–Crippen LogP) is 1.35. The molecule has 1 amide bonds. The third-order valence-electron chi connectivity index (χ3n) is 5.36. The Bertz CT molecular complexity index is 793. The quantitative estimate of drug-likeness (QED) is 0.796. The molecule has 1 unspecified atom stereocenters. The number of hydrogen-bond donors (Lipinski definition) is 0. The van der Waals surface area contributed by atoms with Crippen LogP contribution in [0.25, 0.3) is 0 Å². The first-order chi connectivity index (χ1) is 12.5. The summed E-state index contributed by atoms with van der Waals surface area (Å²) >= 11 is 0. The van der Waals surface area contributed by atoms with Crippen LogP contribution >= 0.6 is 0 Å². The van der Waals surface area contributed by atoms with Crippen molar-refractivity contribution in [3.05, 3.63) is 35.4 Å². The second-order valence-electron chi connectivity index (χ2n) is 7.46. The summed E-state index contributed by atoms with van der Waals surface area (Å²) in [6, 6.07) is 4.00. The van der Waals surface area contributed by atoms with E-state index in [1.807, 2.05) is 30.9 Å². The SMILES string of the molecule is COCC(=O)N1CC(c2nc(C)no2)C2(CN(Cc3ccc(C)o3)C2)C1. The molecule has 0 aliphatic carbocycles. The second kappa shape index (κ2) is 6.51. The topological polar surface area (TPSA) is 84.8 Å². The van der Waals surface area contributed by atoms with Gasteiger partial charge in [0.25, 0.3) is 0 Å². The molecule has 2 fully saturated rings. The van der Waals surface area contributed by atoms with Crippen LogP contribution in [0.4, 0.5) is 0 Å². The highest BCUT2D eigenvalue weighted by Gasteiger charge is 2.57. The molecular weight excluding hydrogens is 336 g/mol. The summed E-state index contributed by atoms with van der Waals surface area (Å²) in [7, 11) is 1.54. The average Bonchev–Trinajstić information content (AvgIpc) is 3.26. The van der Waals surface area contributed by atoms with Gasteiger partial charge in [0.1, 0.15) is 18.1 Å². The van der Waals surface area contributed by atoms with Gasteiger partial charge < -0.3 is 18.6 Å². The minimum absolute atomic E-state index is 0.00530. The summed E-state index contributed by atoms with van der Waals surface area (Å²) in [5.41, 5.74) is -0.0516. The molecule has 1 spiro atoms. The highest BCUT2D eigenvalue weighted by molar-refractivity contribution is 5.78. The van der Waals surface area contributed by atoms with Crippen LogP contribution < -0.4 is 0 Å². The van der Waals surface area contributed by atoms with Gasteiger partial charge in [-0.3, -0.25) is 9.69 Å². The molecule has 8 heteroatoms. The largest absolute Gasteiger partial charge is 0.465 e. The Morgan fingerprint density at radius 1 is 1.35 bits per heavy atom. The normalized spacial score (nSPS) is 22.1. The number of likely N-dealkylation sites (tertiary alicyclic amines) is 2. The van der Waals surface area contributed by atoms with Crippen molar-refractivity contribution in [3.63, 3.8) is 0 Å². The number of carbonyl (C=O) groups excluding carboxylic acids is 1. The number of furan rings is 1. The van der Waals surface area contributed by atoms with Crippen molar-refractivity contribution in [2.24, 2.45) is 5.41 Å². The molecule has 0 aromatic carbocycles. The molecule has 2 aliphatic heterocycles. The zero-order valence-electron chi connectivity index (χ0n) is 15.4. The molecule has 140 valence electrons. The first-order valence-corrected chi connectivity index (χ1v) is 8.84. The number of aromatic nitrogens is 2. The zero-order valence-corrected chi connectivity index (χ0v) is 15.4. The predicted molar refractivity (Wildman–Crippen MR) is 91.4 cm³/mol. The Hall–Kier alpha value is -2.19. The van der Waals surface area contributed by atoms with E-state index in [-0.39, 0.29) is 23.8 Å². The number of ether oxygens (including phenoxy) is 1. The number of nitrogens with zero attached hydrogens (tertiary/aromatic N) is 4. The molecule has 0 saturated carbocycles. The molecule has 2 aromatic rings. The summed E-state index contributed by atoms with van der Waals surface area (Å²) in [5.74, 6) is 3.20. The van der Waals surface area contributed by atoms with Crippen molar-refractivity contribution in [1.82, 2.24) is 19.9 Å². The minimum Gasteiger partial charge on any atom is -0.465 e. The Kier molecular flexibility index (Phi) is 4.32. The lowest BCUT2D eigenvalue weighted by Crippen LogP contribution is -2.59. The first-order valence-electron chi connectivity index (χ1n) is 8.84. The van der Waals surface area contributed by atoms with E-state index in [0.29, 0.717) is 24.8 Å². The molecule has 26 heavy (non-hydrogen) atoms. The average molecular weight is 360 g/mol. The van der Waals surface area contributed by atoms with Crippen molar-refractivity contribution in [2.45, 2.75) is 26.3 Å². The van der Waals surface area contributed by atoms with Gasteiger partial charge in [-0.05, 0) is 26.0 Å². The zero-order chi connectivity index (χ0) is 18.3. The highest BCUT2D eigenvalue weighted by Crippen LogP contribution is 2.49. The number of hydrogen-bond acceptors (Lipinski definition) is 7. The molecule has 0 N–H and O–H groups in total. The van der Waals surface area contributed by atoms with E-state index in [4.69, 9.17) is 13.7 Å². The van der Waals surface area contributed by atoms with Crippen LogP contribution in [0.1, 0.15) is 29.2 Å². The summed E-state index contributed by atoms with van der Waals surface area (Å²) in [4.78, 5) is 21.0. The van der Waals surface area contributed by atoms with Crippen LogP contribution in [0.15, 0.2) is 21.1 Å². The smallest absolute Gasteiger partial charge is 0.248 e. The van der Waals surface area contributed by atoms with Crippen LogP contribution in [0.5, 0.6) is 0 Å². The Balaban J connectivity index is 1.49. The van der Waals surface area contributed by atoms with Crippen LogP contribution in [-0.4, -0.2) is 65.7 Å². The fraction of sp³-hybridized carbons (Fsp3) is 0.611. The van der Waals surface area contributed by atoms with Crippen LogP contribution in [0.2, 0.25) is 0 Å². The van der Waals surface area contributed by atoms with Gasteiger partial charge in [-0.15, -0.1) is 0 Å². The lowest BCUT2D eigenvalue weighted by Gasteiger charge is -2.49. The Morgan fingerprint density at radius 2 is 2.15 bits per heavy atom. The van der Waals surface area contributed by atoms with E-state index in [1.54, 1.807) is 7.11 Å². The van der Waals surface area contributed by atoms with E-state index in [1.165, 1.54) is 0 Å². The summed E-state index contributed by atoms with van der Waals surface area (Å²) in [5, 5.41) is 3.94. The Morgan fingerprint density at radius 3 is 2.77 bits per heavy atom. The highest BCUT2D eigenvalue weighted by atomic mass is 16.5. The molecular formula is C18H24N4O4. The van der Waals surface area contributed by atoms with Crippen molar-refractivity contribution in [2.75, 3.05) is 39.9 Å². The van der Waals surface area contributed by atoms with Crippen molar-refractivity contribution in [1.29, 1.82) is 0 Å². The van der Waals surface area contributed by atoms with Gasteiger partial charge in [0.05, 0.1) is 12.5 Å². The molecule has 2 saturated heterocycles. The van der Waals surface area contributed by atoms with Gasteiger partial charge in [-0.2, -0.15) is 4.98 Å². The maximum Gasteiger partial charge on any atom is 0.248 e. The number of methoxy groups -OCH3 is 1. The monoisotopic (exact) mass is 360 g/mol. The van der Waals surface area contributed by atoms with Crippen LogP contribution in [0, 0.1) is 19.3 Å². The molecule has 0 bridgehead atoms. The Labute approximate surface area is 152 Å². The number of aryl methyl sites for hydroxylation is 2. The first kappa shape index (κ1) is 17.2. The van der Waals surface area contributed by atoms with Gasteiger partial charge in [-0.1, -0.05) is 5.16 Å². The van der Waals surface area contributed by atoms with Gasteiger partial charge in [0, 0.05) is 38.7 Å². The summed E-state index contributed by atoms with van der Waals surface area (Å²) in [6.07, 6.45) is 0.